The van der Waals surface area contributed by atoms with Crippen LogP contribution in [0.2, 0.25) is 0 Å². The Kier molecular flexibility index (Phi) is 6.82. The highest BCUT2D eigenvalue weighted by atomic mass is 79.9. The van der Waals surface area contributed by atoms with Gasteiger partial charge in [-0.1, -0.05) is 70.2 Å². The third kappa shape index (κ3) is 4.98. The van der Waals surface area contributed by atoms with E-state index < -0.39 is 0 Å². The summed E-state index contributed by atoms with van der Waals surface area (Å²) in [5.74, 6) is -0.220. The van der Waals surface area contributed by atoms with Gasteiger partial charge in [-0.3, -0.25) is 14.2 Å². The predicted octanol–water partition coefficient (Wildman–Crippen LogP) is 4.78. The zero-order valence-electron chi connectivity index (χ0n) is 17.2. The van der Waals surface area contributed by atoms with E-state index in [1.54, 1.807) is 12.1 Å². The summed E-state index contributed by atoms with van der Waals surface area (Å²) in [5, 5.41) is 5.16. The van der Waals surface area contributed by atoms with Crippen LogP contribution >= 0.6 is 27.7 Å². The van der Waals surface area contributed by atoms with Gasteiger partial charge in [0.05, 0.1) is 28.1 Å². The number of benzene rings is 3. The number of nitrogens with zero attached hydrogens (tertiary/aromatic N) is 3. The van der Waals surface area contributed by atoms with E-state index in [1.807, 2.05) is 73.7 Å². The molecule has 0 spiro atoms. The minimum absolute atomic E-state index is 0.0642. The summed E-state index contributed by atoms with van der Waals surface area (Å²) in [7, 11) is 0. The largest absolute Gasteiger partial charge is 0.272 e. The number of hydrogen-bond donors (Lipinski definition) is 1. The first-order valence-electron chi connectivity index (χ1n) is 9.82. The topological polar surface area (TPSA) is 76.3 Å². The van der Waals surface area contributed by atoms with Crippen LogP contribution in [0, 0.1) is 0 Å². The van der Waals surface area contributed by atoms with Gasteiger partial charge in [-0.05, 0) is 48.9 Å². The molecule has 1 N–H and O–H groups in total. The van der Waals surface area contributed by atoms with Crippen LogP contribution in [0.15, 0.2) is 98.4 Å². The summed E-state index contributed by atoms with van der Waals surface area (Å²) in [5.41, 5.74) is 5.30. The second-order valence-electron chi connectivity index (χ2n) is 6.92. The normalized spacial score (nSPS) is 11.5. The Hall–Kier alpha value is -3.23. The second kappa shape index (κ2) is 9.93. The molecule has 0 aliphatic heterocycles. The van der Waals surface area contributed by atoms with Crippen molar-refractivity contribution in [1.29, 1.82) is 0 Å². The van der Waals surface area contributed by atoms with E-state index in [1.165, 1.54) is 16.3 Å². The zero-order chi connectivity index (χ0) is 22.5. The molecule has 0 radical (unpaired) electrons. The molecule has 0 saturated carbocycles. The van der Waals surface area contributed by atoms with E-state index in [0.717, 1.165) is 10.0 Å². The molecular formula is C24H19BrN4O2S. The van der Waals surface area contributed by atoms with Gasteiger partial charge in [-0.25, -0.2) is 10.4 Å². The van der Waals surface area contributed by atoms with Gasteiger partial charge in [0.2, 0.25) is 0 Å². The van der Waals surface area contributed by atoms with E-state index in [0.29, 0.717) is 27.5 Å². The Morgan fingerprint density at radius 3 is 2.47 bits per heavy atom. The Labute approximate surface area is 197 Å². The van der Waals surface area contributed by atoms with Gasteiger partial charge in [0.1, 0.15) is 0 Å². The highest BCUT2D eigenvalue weighted by Gasteiger charge is 2.14. The number of para-hydroxylation sites is 2. The van der Waals surface area contributed by atoms with Crippen LogP contribution < -0.4 is 11.0 Å². The maximum atomic E-state index is 13.2. The summed E-state index contributed by atoms with van der Waals surface area (Å²) in [6, 6.07) is 24.2. The van der Waals surface area contributed by atoms with Gasteiger partial charge >= 0.3 is 0 Å². The molecule has 0 atom stereocenters. The molecular weight excluding hydrogens is 488 g/mol. The number of carbonyl (C=O) groups excluding carboxylic acids is 1. The third-order valence-corrected chi connectivity index (χ3v) is 6.17. The van der Waals surface area contributed by atoms with E-state index >= 15 is 0 Å². The SMILES string of the molecule is CC(=NNC(=O)CSc1nc2ccccc2c(=O)n1-c1ccccc1)c1ccc(Br)cc1. The number of nitrogens with one attached hydrogen (secondary N) is 1. The summed E-state index contributed by atoms with van der Waals surface area (Å²) < 4.78 is 2.51. The summed E-state index contributed by atoms with van der Waals surface area (Å²) >= 11 is 4.59. The van der Waals surface area contributed by atoms with Gasteiger partial charge in [0, 0.05) is 4.47 Å². The molecule has 3 aromatic carbocycles. The van der Waals surface area contributed by atoms with Crippen LogP contribution in [0.5, 0.6) is 0 Å². The molecule has 0 aliphatic carbocycles. The van der Waals surface area contributed by atoms with Crippen LogP contribution in [0.1, 0.15) is 12.5 Å². The van der Waals surface area contributed by atoms with Gasteiger partial charge in [0.25, 0.3) is 11.5 Å². The molecule has 1 aromatic heterocycles. The van der Waals surface area contributed by atoms with Crippen LogP contribution in [0.25, 0.3) is 16.6 Å². The van der Waals surface area contributed by atoms with Crippen LogP contribution in [-0.4, -0.2) is 26.9 Å². The Balaban J connectivity index is 1.56. The molecule has 1 amide bonds. The second-order valence-corrected chi connectivity index (χ2v) is 8.77. The van der Waals surface area contributed by atoms with Crippen molar-refractivity contribution in [3.63, 3.8) is 0 Å². The van der Waals surface area contributed by atoms with Crippen molar-refractivity contribution in [1.82, 2.24) is 15.0 Å². The highest BCUT2D eigenvalue weighted by molar-refractivity contribution is 9.10. The molecule has 6 nitrogen and oxygen atoms in total. The maximum Gasteiger partial charge on any atom is 0.266 e. The minimum Gasteiger partial charge on any atom is -0.272 e. The fourth-order valence-corrected chi connectivity index (χ4v) is 4.15. The van der Waals surface area contributed by atoms with Crippen LogP contribution in [-0.2, 0) is 4.79 Å². The first kappa shape index (κ1) is 22.0. The van der Waals surface area contributed by atoms with E-state index in [4.69, 9.17) is 0 Å². The molecule has 160 valence electrons. The van der Waals surface area contributed by atoms with Crippen molar-refractivity contribution in [2.24, 2.45) is 5.10 Å². The van der Waals surface area contributed by atoms with Crippen molar-refractivity contribution in [3.05, 3.63) is 99.3 Å². The monoisotopic (exact) mass is 506 g/mol. The van der Waals surface area contributed by atoms with Gasteiger partial charge in [0.15, 0.2) is 5.16 Å². The molecule has 0 aliphatic rings. The number of thioether (sulfide) groups is 1. The first-order valence-corrected chi connectivity index (χ1v) is 11.6. The maximum absolute atomic E-state index is 13.2. The number of fused-ring (bicyclic) bond motifs is 1. The standard InChI is InChI=1S/C24H19BrN4O2S/c1-16(17-11-13-18(25)14-12-17)27-28-22(30)15-32-24-26-21-10-6-5-9-20(21)23(31)29(24)19-7-3-2-4-8-19/h2-14H,15H2,1H3,(H,28,30). The minimum atomic E-state index is -0.284. The lowest BCUT2D eigenvalue weighted by molar-refractivity contribution is -0.118. The van der Waals surface area contributed by atoms with E-state index in [9.17, 15) is 9.59 Å². The van der Waals surface area contributed by atoms with Crippen molar-refractivity contribution < 1.29 is 4.79 Å². The Morgan fingerprint density at radius 1 is 1.03 bits per heavy atom. The summed E-state index contributed by atoms with van der Waals surface area (Å²) in [6.45, 7) is 1.83. The molecule has 1 heterocycles. The average Bonchev–Trinajstić information content (AvgIpc) is 2.82. The fraction of sp³-hybridized carbons (Fsp3) is 0.0833. The molecule has 0 saturated heterocycles. The van der Waals surface area contributed by atoms with E-state index in [2.05, 4.69) is 31.4 Å². The molecule has 4 rings (SSSR count). The van der Waals surface area contributed by atoms with Crippen molar-refractivity contribution >= 4 is 50.2 Å². The molecule has 0 fully saturated rings. The predicted molar refractivity (Wildman–Crippen MR) is 133 cm³/mol. The third-order valence-electron chi connectivity index (χ3n) is 4.70. The zero-order valence-corrected chi connectivity index (χ0v) is 19.6. The van der Waals surface area contributed by atoms with Crippen LogP contribution in [0.4, 0.5) is 0 Å². The number of aromatic nitrogens is 2. The Morgan fingerprint density at radius 2 is 1.72 bits per heavy atom. The van der Waals surface area contributed by atoms with Crippen molar-refractivity contribution in [3.8, 4) is 5.69 Å². The number of halogens is 1. The summed E-state index contributed by atoms with van der Waals surface area (Å²) in [4.78, 5) is 30.3. The average molecular weight is 507 g/mol. The molecule has 0 bridgehead atoms. The fourth-order valence-electron chi connectivity index (χ4n) is 3.08. The van der Waals surface area contributed by atoms with Gasteiger partial charge < -0.3 is 0 Å². The molecule has 0 unspecified atom stereocenters. The van der Waals surface area contributed by atoms with Crippen LogP contribution in [0.3, 0.4) is 0 Å². The van der Waals surface area contributed by atoms with Gasteiger partial charge in [-0.15, -0.1) is 0 Å². The summed E-state index contributed by atoms with van der Waals surface area (Å²) in [6.07, 6.45) is 0. The lowest BCUT2D eigenvalue weighted by Gasteiger charge is -2.13. The Bertz CT molecular complexity index is 1350. The number of hydrogen-bond acceptors (Lipinski definition) is 5. The number of carbonyl (C=O) groups is 1. The molecule has 4 aromatic rings. The molecule has 32 heavy (non-hydrogen) atoms. The lowest BCUT2D eigenvalue weighted by Crippen LogP contribution is -2.24. The smallest absolute Gasteiger partial charge is 0.266 e. The highest BCUT2D eigenvalue weighted by Crippen LogP contribution is 2.21. The quantitative estimate of drug-likeness (QED) is 0.176. The van der Waals surface area contributed by atoms with Crippen molar-refractivity contribution in [2.45, 2.75) is 12.1 Å². The number of rotatable bonds is 6. The molecule has 8 heteroatoms. The number of amides is 1. The lowest BCUT2D eigenvalue weighted by atomic mass is 10.1. The van der Waals surface area contributed by atoms with Crippen molar-refractivity contribution in [2.75, 3.05) is 5.75 Å². The van der Waals surface area contributed by atoms with E-state index in [-0.39, 0.29) is 17.2 Å². The van der Waals surface area contributed by atoms with Gasteiger partial charge in [-0.2, -0.15) is 5.10 Å². The first-order chi connectivity index (χ1) is 15.5. The number of hydrazone groups is 1.